The fraction of sp³-hybridized carbons (Fsp3) is 0.238. The van der Waals surface area contributed by atoms with Gasteiger partial charge in [-0.05, 0) is 37.1 Å². The van der Waals surface area contributed by atoms with E-state index in [4.69, 9.17) is 9.97 Å². The van der Waals surface area contributed by atoms with E-state index in [1.54, 1.807) is 0 Å². The van der Waals surface area contributed by atoms with E-state index in [1.165, 1.54) is 22.4 Å². The lowest BCUT2D eigenvalue weighted by molar-refractivity contribution is 1.02. The Kier molecular flexibility index (Phi) is 4.55. The molecule has 1 aliphatic heterocycles. The molecule has 0 amide bonds. The van der Waals surface area contributed by atoms with Crippen molar-refractivity contribution in [1.82, 2.24) is 9.97 Å². The molecule has 2 heterocycles. The highest BCUT2D eigenvalue weighted by atomic mass is 32.2. The Bertz CT molecular complexity index is 954. The summed E-state index contributed by atoms with van der Waals surface area (Å²) < 4.78 is 0. The highest BCUT2D eigenvalue weighted by Crippen LogP contribution is 2.38. The molecule has 26 heavy (non-hydrogen) atoms. The molecule has 0 saturated carbocycles. The van der Waals surface area contributed by atoms with Crippen LogP contribution in [-0.4, -0.2) is 17.0 Å². The number of benzene rings is 2. The molecule has 1 N–H and O–H groups in total. The average molecular weight is 363 g/mol. The third-order valence-electron chi connectivity index (χ3n) is 4.74. The van der Waals surface area contributed by atoms with E-state index in [2.05, 4.69) is 67.5 Å². The van der Waals surface area contributed by atoms with Gasteiger partial charge in [-0.25, -0.2) is 4.98 Å². The summed E-state index contributed by atoms with van der Waals surface area (Å²) in [5, 5.41) is 3.41. The van der Waals surface area contributed by atoms with Crippen LogP contribution in [0.4, 0.5) is 23.1 Å². The van der Waals surface area contributed by atoms with E-state index in [9.17, 15) is 0 Å². The van der Waals surface area contributed by atoms with Crippen LogP contribution in [0.15, 0.2) is 48.5 Å². The van der Waals surface area contributed by atoms with Gasteiger partial charge in [-0.2, -0.15) is 16.7 Å². The zero-order chi connectivity index (χ0) is 18.1. The summed E-state index contributed by atoms with van der Waals surface area (Å²) >= 11 is 1.90. The molecule has 0 fully saturated rings. The molecule has 0 spiro atoms. The van der Waals surface area contributed by atoms with Crippen LogP contribution < -0.4 is 10.2 Å². The Morgan fingerprint density at radius 3 is 2.42 bits per heavy atom. The monoisotopic (exact) mass is 362 g/mol. The van der Waals surface area contributed by atoms with Crippen LogP contribution in [0.1, 0.15) is 22.4 Å². The van der Waals surface area contributed by atoms with Gasteiger partial charge in [0.1, 0.15) is 5.82 Å². The van der Waals surface area contributed by atoms with Gasteiger partial charge in [0.2, 0.25) is 5.95 Å². The topological polar surface area (TPSA) is 41.1 Å². The summed E-state index contributed by atoms with van der Waals surface area (Å²) in [6.45, 7) is 4.22. The normalized spacial score (nSPS) is 12.7. The first-order chi connectivity index (χ1) is 12.6. The molecule has 0 bridgehead atoms. The van der Waals surface area contributed by atoms with E-state index in [1.807, 2.05) is 23.9 Å². The molecule has 5 heteroatoms. The highest BCUT2D eigenvalue weighted by Gasteiger charge is 2.23. The maximum atomic E-state index is 4.89. The lowest BCUT2D eigenvalue weighted by atomic mass is 10.1. The number of thioether (sulfide) groups is 1. The summed E-state index contributed by atoms with van der Waals surface area (Å²) in [6.07, 6.45) is 0. The fourth-order valence-corrected chi connectivity index (χ4v) is 4.29. The van der Waals surface area contributed by atoms with Crippen molar-refractivity contribution in [3.63, 3.8) is 0 Å². The van der Waals surface area contributed by atoms with Gasteiger partial charge in [0.15, 0.2) is 0 Å². The Hall–Kier alpha value is -2.53. The van der Waals surface area contributed by atoms with Crippen molar-refractivity contribution in [1.29, 1.82) is 0 Å². The van der Waals surface area contributed by atoms with E-state index in [-0.39, 0.29) is 0 Å². The van der Waals surface area contributed by atoms with Crippen LogP contribution in [0.25, 0.3) is 0 Å². The minimum atomic E-state index is 0.663. The maximum Gasteiger partial charge on any atom is 0.229 e. The number of para-hydroxylation sites is 2. The van der Waals surface area contributed by atoms with E-state index in [0.717, 1.165) is 28.7 Å². The highest BCUT2D eigenvalue weighted by molar-refractivity contribution is 7.98. The van der Waals surface area contributed by atoms with Gasteiger partial charge in [0.05, 0.1) is 5.69 Å². The molecule has 0 unspecified atom stereocenters. The second-order valence-corrected chi connectivity index (χ2v) is 7.56. The fourth-order valence-electron chi connectivity index (χ4n) is 3.25. The molecule has 132 valence electrons. The quantitative estimate of drug-likeness (QED) is 0.677. The number of aryl methyl sites for hydroxylation is 2. The molecule has 0 saturated heterocycles. The largest absolute Gasteiger partial charge is 0.329 e. The number of fused-ring (bicyclic) bond motifs is 1. The zero-order valence-corrected chi connectivity index (χ0v) is 16.1. The van der Waals surface area contributed by atoms with Crippen LogP contribution in [0.5, 0.6) is 0 Å². The van der Waals surface area contributed by atoms with Crippen molar-refractivity contribution in [3.8, 4) is 0 Å². The molecular weight excluding hydrogens is 340 g/mol. The first kappa shape index (κ1) is 16.9. The summed E-state index contributed by atoms with van der Waals surface area (Å²) in [5.74, 6) is 3.56. The number of nitrogens with zero attached hydrogens (tertiary/aromatic N) is 3. The lowest BCUT2D eigenvalue weighted by Gasteiger charge is -2.23. The van der Waals surface area contributed by atoms with Crippen molar-refractivity contribution >= 4 is 34.9 Å². The molecule has 0 atom stereocenters. The summed E-state index contributed by atoms with van der Waals surface area (Å²) in [7, 11) is 2.09. The maximum absolute atomic E-state index is 4.89. The van der Waals surface area contributed by atoms with Crippen molar-refractivity contribution in [2.75, 3.05) is 17.3 Å². The summed E-state index contributed by atoms with van der Waals surface area (Å²) in [5.41, 5.74) is 7.02. The molecule has 4 rings (SSSR count). The van der Waals surface area contributed by atoms with Gasteiger partial charge < -0.3 is 10.2 Å². The zero-order valence-electron chi connectivity index (χ0n) is 15.3. The molecule has 4 nitrogen and oxygen atoms in total. The van der Waals surface area contributed by atoms with Gasteiger partial charge >= 0.3 is 0 Å². The second-order valence-electron chi connectivity index (χ2n) is 6.57. The van der Waals surface area contributed by atoms with Gasteiger partial charge in [0.25, 0.3) is 0 Å². The first-order valence-electron chi connectivity index (χ1n) is 8.73. The van der Waals surface area contributed by atoms with Gasteiger partial charge in [-0.1, -0.05) is 36.4 Å². The van der Waals surface area contributed by atoms with Crippen LogP contribution in [0.3, 0.4) is 0 Å². The smallest absolute Gasteiger partial charge is 0.229 e. The Balaban J connectivity index is 1.76. The first-order valence-corrected chi connectivity index (χ1v) is 9.88. The van der Waals surface area contributed by atoms with Crippen LogP contribution in [-0.2, 0) is 11.5 Å². The van der Waals surface area contributed by atoms with E-state index >= 15 is 0 Å². The molecule has 1 aromatic heterocycles. The standard InChI is InChI=1S/C21H22N4S/c1-14-8-4-6-10-17(14)22-21-23-18-13-26-12-16(18)20(24-21)25(3)19-11-7-5-9-15(19)2/h4-11H,12-13H2,1-3H3,(H,22,23,24). The predicted molar refractivity (Wildman–Crippen MR) is 111 cm³/mol. The molecule has 1 aliphatic rings. The molecule has 2 aromatic carbocycles. The lowest BCUT2D eigenvalue weighted by Crippen LogP contribution is -2.16. The minimum Gasteiger partial charge on any atom is -0.329 e. The number of rotatable bonds is 4. The number of aromatic nitrogens is 2. The third kappa shape index (κ3) is 3.15. The van der Waals surface area contributed by atoms with Crippen LogP contribution >= 0.6 is 11.8 Å². The number of anilines is 4. The third-order valence-corrected chi connectivity index (χ3v) is 5.71. The molecular formula is C21H22N4S. The summed E-state index contributed by atoms with van der Waals surface area (Å²) in [6, 6.07) is 16.6. The van der Waals surface area contributed by atoms with E-state index < -0.39 is 0 Å². The van der Waals surface area contributed by atoms with Crippen molar-refractivity contribution < 1.29 is 0 Å². The van der Waals surface area contributed by atoms with Crippen molar-refractivity contribution in [2.45, 2.75) is 25.4 Å². The van der Waals surface area contributed by atoms with Crippen LogP contribution in [0, 0.1) is 13.8 Å². The van der Waals surface area contributed by atoms with Gasteiger partial charge in [-0.15, -0.1) is 0 Å². The number of hydrogen-bond donors (Lipinski definition) is 1. The van der Waals surface area contributed by atoms with Gasteiger partial charge in [0, 0.05) is 35.5 Å². The Morgan fingerprint density at radius 1 is 0.923 bits per heavy atom. The molecule has 0 aliphatic carbocycles. The van der Waals surface area contributed by atoms with E-state index in [0.29, 0.717) is 5.95 Å². The van der Waals surface area contributed by atoms with Crippen LogP contribution in [0.2, 0.25) is 0 Å². The number of nitrogens with one attached hydrogen (secondary N) is 1. The predicted octanol–water partition coefficient (Wildman–Crippen LogP) is 5.35. The summed E-state index contributed by atoms with van der Waals surface area (Å²) in [4.78, 5) is 11.9. The van der Waals surface area contributed by atoms with Crippen molar-refractivity contribution in [2.24, 2.45) is 0 Å². The SMILES string of the molecule is Cc1ccccc1Nc1nc2c(c(N(C)c3ccccc3C)n1)CSC2. The Morgan fingerprint density at radius 2 is 1.65 bits per heavy atom. The molecule has 0 radical (unpaired) electrons. The Labute approximate surface area is 158 Å². The van der Waals surface area contributed by atoms with Crippen molar-refractivity contribution in [3.05, 3.63) is 70.9 Å². The molecule has 3 aromatic rings. The van der Waals surface area contributed by atoms with Gasteiger partial charge in [-0.3, -0.25) is 0 Å². The second kappa shape index (κ2) is 7.00. The average Bonchev–Trinajstić information content (AvgIpc) is 3.11. The minimum absolute atomic E-state index is 0.663. The number of hydrogen-bond acceptors (Lipinski definition) is 5.